The van der Waals surface area contributed by atoms with Crippen LogP contribution in [0.1, 0.15) is 18.1 Å². The standard InChI is InChI=1S/C26H20BrN3O8/c1-2-37-22-13-16(12-21(23(22)31)30(35)36)11-20-24(32)28-26(34)29(25(20)33)18-7-9-19(10-8-18)38-14-15-3-5-17(27)6-4-15/h3-13,31H,2,14H2,1H3,(H,28,32,34)/b20-11+. The normalized spacial score (nSPS) is 14.4. The van der Waals surface area contributed by atoms with Crippen molar-refractivity contribution in [1.29, 1.82) is 0 Å². The number of carbonyl (C=O) groups is 3. The summed E-state index contributed by atoms with van der Waals surface area (Å²) in [7, 11) is 0. The van der Waals surface area contributed by atoms with Crippen LogP contribution in [-0.4, -0.2) is 34.5 Å². The van der Waals surface area contributed by atoms with Crippen molar-refractivity contribution in [1.82, 2.24) is 5.32 Å². The van der Waals surface area contributed by atoms with Crippen LogP contribution in [0.25, 0.3) is 6.08 Å². The lowest BCUT2D eigenvalue weighted by molar-refractivity contribution is -0.386. The lowest BCUT2D eigenvalue weighted by Gasteiger charge is -2.26. The first kappa shape index (κ1) is 26.4. The molecule has 0 saturated carbocycles. The summed E-state index contributed by atoms with van der Waals surface area (Å²) >= 11 is 3.37. The Hall–Kier alpha value is -4.71. The van der Waals surface area contributed by atoms with E-state index in [9.17, 15) is 29.6 Å². The fourth-order valence-corrected chi connectivity index (χ4v) is 3.86. The first-order chi connectivity index (χ1) is 18.2. The van der Waals surface area contributed by atoms with E-state index in [0.29, 0.717) is 12.4 Å². The van der Waals surface area contributed by atoms with Gasteiger partial charge in [0.05, 0.1) is 17.2 Å². The lowest BCUT2D eigenvalue weighted by Crippen LogP contribution is -2.54. The minimum absolute atomic E-state index is 0.0439. The van der Waals surface area contributed by atoms with E-state index in [2.05, 4.69) is 21.2 Å². The molecule has 0 bridgehead atoms. The fourth-order valence-electron chi connectivity index (χ4n) is 3.60. The lowest BCUT2D eigenvalue weighted by atomic mass is 10.1. The van der Waals surface area contributed by atoms with Crippen LogP contribution in [0.15, 0.2) is 70.7 Å². The highest BCUT2D eigenvalue weighted by Crippen LogP contribution is 2.38. The summed E-state index contributed by atoms with van der Waals surface area (Å²) in [6.07, 6.45) is 1.09. The van der Waals surface area contributed by atoms with Gasteiger partial charge in [-0.25, -0.2) is 9.69 Å². The molecule has 2 N–H and O–H groups in total. The number of hydrogen-bond acceptors (Lipinski definition) is 8. The molecule has 0 spiro atoms. The van der Waals surface area contributed by atoms with Gasteiger partial charge in [0.2, 0.25) is 5.75 Å². The highest BCUT2D eigenvalue weighted by Gasteiger charge is 2.37. The van der Waals surface area contributed by atoms with Gasteiger partial charge in [0, 0.05) is 10.5 Å². The molecular weight excluding hydrogens is 562 g/mol. The van der Waals surface area contributed by atoms with Crippen LogP contribution in [-0.2, 0) is 16.2 Å². The van der Waals surface area contributed by atoms with Gasteiger partial charge in [0.25, 0.3) is 11.8 Å². The Balaban J connectivity index is 1.59. The number of hydrogen-bond donors (Lipinski definition) is 2. The molecule has 0 atom stereocenters. The summed E-state index contributed by atoms with van der Waals surface area (Å²) in [5, 5.41) is 23.5. The quantitative estimate of drug-likeness (QED) is 0.168. The van der Waals surface area contributed by atoms with E-state index in [-0.39, 0.29) is 23.6 Å². The van der Waals surface area contributed by atoms with Gasteiger partial charge in [-0.3, -0.25) is 25.0 Å². The second-order valence-electron chi connectivity index (χ2n) is 7.94. The molecule has 11 nitrogen and oxygen atoms in total. The van der Waals surface area contributed by atoms with Gasteiger partial charge in [-0.2, -0.15) is 0 Å². The zero-order valence-corrected chi connectivity index (χ0v) is 21.4. The third-order valence-electron chi connectivity index (χ3n) is 5.40. The first-order valence-electron chi connectivity index (χ1n) is 11.2. The Labute approximate surface area is 224 Å². The average molecular weight is 582 g/mol. The third kappa shape index (κ3) is 5.65. The second kappa shape index (κ2) is 11.1. The van der Waals surface area contributed by atoms with Crippen molar-refractivity contribution in [3.05, 3.63) is 92.0 Å². The molecule has 1 aliphatic rings. The van der Waals surface area contributed by atoms with Crippen LogP contribution in [0, 0.1) is 10.1 Å². The van der Waals surface area contributed by atoms with Crippen LogP contribution in [0.4, 0.5) is 16.2 Å². The Morgan fingerprint density at radius 3 is 2.37 bits per heavy atom. The molecular formula is C26H20BrN3O8. The number of barbiturate groups is 1. The van der Waals surface area contributed by atoms with Crippen molar-refractivity contribution in [3.63, 3.8) is 0 Å². The molecule has 0 aromatic heterocycles. The summed E-state index contributed by atoms with van der Waals surface area (Å²) in [4.78, 5) is 49.5. The number of aromatic hydroxyl groups is 1. The molecule has 0 aliphatic carbocycles. The second-order valence-corrected chi connectivity index (χ2v) is 8.86. The number of benzene rings is 3. The van der Waals surface area contributed by atoms with Crippen molar-refractivity contribution in [2.75, 3.05) is 11.5 Å². The van der Waals surface area contributed by atoms with Crippen LogP contribution < -0.4 is 19.7 Å². The fraction of sp³-hybridized carbons (Fsp3) is 0.115. The molecule has 0 unspecified atom stereocenters. The molecule has 4 rings (SSSR count). The topological polar surface area (TPSA) is 148 Å². The number of amides is 4. The van der Waals surface area contributed by atoms with Gasteiger partial charge in [-0.05, 0) is 66.6 Å². The zero-order chi connectivity index (χ0) is 27.4. The highest BCUT2D eigenvalue weighted by atomic mass is 79.9. The number of rotatable bonds is 8. The molecule has 1 aliphatic heterocycles. The minimum atomic E-state index is -0.973. The number of imide groups is 2. The van der Waals surface area contributed by atoms with Crippen molar-refractivity contribution in [2.24, 2.45) is 0 Å². The maximum Gasteiger partial charge on any atom is 0.335 e. The number of nitrogens with one attached hydrogen (secondary N) is 1. The Morgan fingerprint density at radius 1 is 1.05 bits per heavy atom. The highest BCUT2D eigenvalue weighted by molar-refractivity contribution is 9.10. The largest absolute Gasteiger partial charge is 0.500 e. The van der Waals surface area contributed by atoms with Crippen molar-refractivity contribution in [2.45, 2.75) is 13.5 Å². The molecule has 3 aromatic carbocycles. The molecule has 1 saturated heterocycles. The predicted molar refractivity (Wildman–Crippen MR) is 140 cm³/mol. The Morgan fingerprint density at radius 2 is 1.74 bits per heavy atom. The number of phenolic OH excluding ortho intramolecular Hbond substituents is 1. The average Bonchev–Trinajstić information content (AvgIpc) is 2.88. The zero-order valence-electron chi connectivity index (χ0n) is 19.8. The number of nitro benzene ring substituents is 1. The molecule has 0 radical (unpaired) electrons. The molecule has 12 heteroatoms. The molecule has 3 aromatic rings. The van der Waals surface area contributed by atoms with Gasteiger partial charge >= 0.3 is 11.7 Å². The first-order valence-corrected chi connectivity index (χ1v) is 12.0. The van der Waals surface area contributed by atoms with Gasteiger partial charge in [0.15, 0.2) is 5.75 Å². The minimum Gasteiger partial charge on any atom is -0.500 e. The van der Waals surface area contributed by atoms with E-state index in [1.54, 1.807) is 19.1 Å². The molecule has 194 valence electrons. The molecule has 1 heterocycles. The van der Waals surface area contributed by atoms with Gasteiger partial charge < -0.3 is 14.6 Å². The summed E-state index contributed by atoms with van der Waals surface area (Å²) in [5.74, 6) is -2.29. The third-order valence-corrected chi connectivity index (χ3v) is 5.93. The number of carbonyl (C=O) groups excluding carboxylic acids is 3. The van der Waals surface area contributed by atoms with Crippen LogP contribution in [0.2, 0.25) is 0 Å². The monoisotopic (exact) mass is 581 g/mol. The number of anilines is 1. The van der Waals surface area contributed by atoms with Crippen LogP contribution >= 0.6 is 15.9 Å². The number of halogens is 1. The molecule has 1 fully saturated rings. The van der Waals surface area contributed by atoms with E-state index in [4.69, 9.17) is 9.47 Å². The summed E-state index contributed by atoms with van der Waals surface area (Å²) < 4.78 is 11.9. The number of urea groups is 1. The van der Waals surface area contributed by atoms with Crippen LogP contribution in [0.3, 0.4) is 0 Å². The van der Waals surface area contributed by atoms with E-state index in [1.165, 1.54) is 18.2 Å². The SMILES string of the molecule is CCOc1cc(/C=C2\C(=O)NC(=O)N(c3ccc(OCc4ccc(Br)cc4)cc3)C2=O)cc([N+](=O)[O-])c1O. The van der Waals surface area contributed by atoms with Gasteiger partial charge in [0.1, 0.15) is 17.9 Å². The number of ether oxygens (including phenoxy) is 2. The van der Waals surface area contributed by atoms with E-state index < -0.39 is 39.8 Å². The van der Waals surface area contributed by atoms with E-state index in [0.717, 1.165) is 27.1 Å². The van der Waals surface area contributed by atoms with Crippen molar-refractivity contribution >= 4 is 51.2 Å². The number of phenols is 1. The van der Waals surface area contributed by atoms with Crippen molar-refractivity contribution < 1.29 is 33.9 Å². The Bertz CT molecular complexity index is 1450. The van der Waals surface area contributed by atoms with Crippen LogP contribution in [0.5, 0.6) is 17.2 Å². The summed E-state index contributed by atoms with van der Waals surface area (Å²) in [6, 6.07) is 15.0. The van der Waals surface area contributed by atoms with Gasteiger partial charge in [-0.15, -0.1) is 0 Å². The molecule has 38 heavy (non-hydrogen) atoms. The maximum absolute atomic E-state index is 13.2. The molecule has 4 amide bonds. The summed E-state index contributed by atoms with van der Waals surface area (Å²) in [5.41, 5.74) is 0.0508. The Kier molecular flexibility index (Phi) is 7.72. The number of nitro groups is 1. The van der Waals surface area contributed by atoms with Crippen molar-refractivity contribution in [3.8, 4) is 17.2 Å². The maximum atomic E-state index is 13.2. The smallest absolute Gasteiger partial charge is 0.335 e. The number of nitrogens with zero attached hydrogens (tertiary/aromatic N) is 2. The predicted octanol–water partition coefficient (Wildman–Crippen LogP) is 4.71. The van der Waals surface area contributed by atoms with E-state index in [1.807, 2.05) is 24.3 Å². The summed E-state index contributed by atoms with van der Waals surface area (Å²) in [6.45, 7) is 2.03. The van der Waals surface area contributed by atoms with Gasteiger partial charge in [-0.1, -0.05) is 28.1 Å². The van der Waals surface area contributed by atoms with E-state index >= 15 is 0 Å².